The average molecular weight is 324 g/mol. The van der Waals surface area contributed by atoms with Gasteiger partial charge in [0.25, 0.3) is 0 Å². The van der Waals surface area contributed by atoms with Crippen molar-refractivity contribution in [3.63, 3.8) is 0 Å². The number of ether oxygens (including phenoxy) is 1. The number of thioether (sulfide) groups is 1. The largest absolute Gasteiger partial charge is 0.379 e. The third kappa shape index (κ3) is 4.27. The molecule has 3 rings (SSSR count). The minimum absolute atomic E-state index is 0.222. The number of carbonyl (C=O) groups excluding carboxylic acids is 1. The van der Waals surface area contributed by atoms with Gasteiger partial charge in [-0.2, -0.15) is 11.8 Å². The Balaban J connectivity index is 1.64. The van der Waals surface area contributed by atoms with Gasteiger partial charge in [0.2, 0.25) is 5.91 Å². The molecule has 2 atom stereocenters. The first-order valence-electron chi connectivity index (χ1n) is 8.68. The summed E-state index contributed by atoms with van der Waals surface area (Å²) < 4.78 is 5.45. The number of hydrogen-bond acceptors (Lipinski definition) is 4. The second-order valence-electron chi connectivity index (χ2n) is 6.51. The van der Waals surface area contributed by atoms with Crippen LogP contribution in [0.5, 0.6) is 0 Å². The van der Waals surface area contributed by atoms with E-state index < -0.39 is 0 Å². The molecular weight excluding hydrogens is 296 g/mol. The van der Waals surface area contributed by atoms with Crippen molar-refractivity contribution in [2.24, 2.45) is 5.92 Å². The highest BCUT2D eigenvalue weighted by molar-refractivity contribution is 7.99. The molecule has 0 saturated carbocycles. The van der Waals surface area contributed by atoms with Gasteiger partial charge < -0.3 is 9.64 Å². The van der Waals surface area contributed by atoms with Gasteiger partial charge in [0.1, 0.15) is 0 Å². The lowest BCUT2D eigenvalue weighted by atomic mass is 9.92. The molecule has 0 aromatic rings. The van der Waals surface area contributed by atoms with Crippen LogP contribution < -0.4 is 0 Å². The Morgan fingerprint density at radius 1 is 1.23 bits per heavy atom. The summed E-state index contributed by atoms with van der Waals surface area (Å²) in [6, 6.07) is 0.379. The zero-order valence-electron chi connectivity index (χ0n) is 13.4. The van der Waals surface area contributed by atoms with Crippen LogP contribution in [0.3, 0.4) is 0 Å². The van der Waals surface area contributed by atoms with Gasteiger partial charge in [-0.3, -0.25) is 9.69 Å². The Morgan fingerprint density at radius 3 is 2.86 bits per heavy atom. The predicted octanol–water partition coefficient (Wildman–Crippen LogP) is 2.01. The Labute approximate surface area is 138 Å². The third-order valence-electron chi connectivity index (χ3n) is 4.91. The minimum atomic E-state index is 0.222. The second kappa shape index (κ2) is 8.37. The summed E-state index contributed by atoms with van der Waals surface area (Å²) in [5.74, 6) is 2.91. The van der Waals surface area contributed by atoms with E-state index in [1.54, 1.807) is 0 Å². The second-order valence-corrected chi connectivity index (χ2v) is 7.66. The lowest BCUT2D eigenvalue weighted by molar-refractivity contribution is -0.138. The fourth-order valence-electron chi connectivity index (χ4n) is 3.60. The summed E-state index contributed by atoms with van der Waals surface area (Å²) in [7, 11) is 0. The lowest BCUT2D eigenvalue weighted by Gasteiger charge is -2.37. The van der Waals surface area contributed by atoms with Crippen molar-refractivity contribution in [1.82, 2.24) is 9.80 Å². The third-order valence-corrected chi connectivity index (χ3v) is 6.11. The smallest absolute Gasteiger partial charge is 0.226 e. The summed E-state index contributed by atoms with van der Waals surface area (Å²) in [5.41, 5.74) is 0. The van der Waals surface area contributed by atoms with Crippen LogP contribution in [0.2, 0.25) is 0 Å². The van der Waals surface area contributed by atoms with Crippen molar-refractivity contribution in [3.05, 3.63) is 12.2 Å². The quantitative estimate of drug-likeness (QED) is 0.744. The normalized spacial score (nSPS) is 31.0. The molecular formula is C17H28N2O2S. The Hall–Kier alpha value is -0.520. The standard InChI is InChI=1S/C17H28N2O2S/c20-17(15-5-2-1-3-6-15)19-7-4-12-22-14-16(19)13-18-8-10-21-11-9-18/h1-2,15-16H,3-14H2/t15-,16+/m0/s1. The van der Waals surface area contributed by atoms with Crippen LogP contribution in [-0.2, 0) is 9.53 Å². The number of amides is 1. The zero-order valence-corrected chi connectivity index (χ0v) is 14.2. The van der Waals surface area contributed by atoms with Gasteiger partial charge in [-0.25, -0.2) is 0 Å². The molecule has 0 radical (unpaired) electrons. The molecule has 124 valence electrons. The van der Waals surface area contributed by atoms with Crippen LogP contribution in [0.1, 0.15) is 25.7 Å². The van der Waals surface area contributed by atoms with E-state index in [9.17, 15) is 4.79 Å². The highest BCUT2D eigenvalue weighted by atomic mass is 32.2. The molecule has 4 nitrogen and oxygen atoms in total. The van der Waals surface area contributed by atoms with Gasteiger partial charge in [0, 0.05) is 37.8 Å². The van der Waals surface area contributed by atoms with Gasteiger partial charge in [-0.05, 0) is 31.4 Å². The first-order valence-corrected chi connectivity index (χ1v) is 9.83. The fraction of sp³-hybridized carbons (Fsp3) is 0.824. The van der Waals surface area contributed by atoms with Crippen LogP contribution in [0.15, 0.2) is 12.2 Å². The predicted molar refractivity (Wildman–Crippen MR) is 91.2 cm³/mol. The van der Waals surface area contributed by atoms with E-state index in [1.807, 2.05) is 11.8 Å². The monoisotopic (exact) mass is 324 g/mol. The minimum Gasteiger partial charge on any atom is -0.379 e. The summed E-state index contributed by atoms with van der Waals surface area (Å²) in [6.07, 6.45) is 8.57. The lowest BCUT2D eigenvalue weighted by Crippen LogP contribution is -2.51. The van der Waals surface area contributed by atoms with Crippen molar-refractivity contribution in [3.8, 4) is 0 Å². The molecule has 0 aromatic carbocycles. The molecule has 2 saturated heterocycles. The molecule has 0 unspecified atom stereocenters. The molecule has 2 aliphatic heterocycles. The Kier molecular flexibility index (Phi) is 6.21. The van der Waals surface area contributed by atoms with Gasteiger partial charge >= 0.3 is 0 Å². The molecule has 22 heavy (non-hydrogen) atoms. The van der Waals surface area contributed by atoms with Crippen LogP contribution >= 0.6 is 11.8 Å². The average Bonchev–Trinajstić information content (AvgIpc) is 2.81. The molecule has 1 aliphatic carbocycles. The Bertz CT molecular complexity index is 396. The number of hydrogen-bond donors (Lipinski definition) is 0. The maximum Gasteiger partial charge on any atom is 0.226 e. The maximum absolute atomic E-state index is 13.0. The number of rotatable bonds is 3. The molecule has 0 spiro atoms. The first kappa shape index (κ1) is 16.3. The summed E-state index contributed by atoms with van der Waals surface area (Å²) in [6.45, 7) is 5.65. The summed E-state index contributed by atoms with van der Waals surface area (Å²) in [4.78, 5) is 17.7. The SMILES string of the molecule is O=C([C@H]1CC=CCC1)N1CCCSC[C@H]1CN1CCOCC1. The highest BCUT2D eigenvalue weighted by Gasteiger charge is 2.31. The van der Waals surface area contributed by atoms with Gasteiger partial charge in [-0.15, -0.1) is 0 Å². The number of nitrogens with zero attached hydrogens (tertiary/aromatic N) is 2. The van der Waals surface area contributed by atoms with Gasteiger partial charge in [-0.1, -0.05) is 12.2 Å². The fourth-order valence-corrected chi connectivity index (χ4v) is 4.66. The van der Waals surface area contributed by atoms with E-state index in [1.165, 1.54) is 5.75 Å². The van der Waals surface area contributed by atoms with E-state index in [2.05, 4.69) is 22.0 Å². The van der Waals surface area contributed by atoms with Crippen LogP contribution in [0.25, 0.3) is 0 Å². The van der Waals surface area contributed by atoms with Gasteiger partial charge in [0.05, 0.1) is 19.3 Å². The number of allylic oxidation sites excluding steroid dienone is 2. The van der Waals surface area contributed by atoms with Crippen LogP contribution in [0.4, 0.5) is 0 Å². The molecule has 5 heteroatoms. The maximum atomic E-state index is 13.0. The van der Waals surface area contributed by atoms with Crippen molar-refractivity contribution in [2.75, 3.05) is 50.9 Å². The Morgan fingerprint density at radius 2 is 2.09 bits per heavy atom. The van der Waals surface area contributed by atoms with E-state index >= 15 is 0 Å². The number of carbonyl (C=O) groups is 1. The molecule has 1 amide bonds. The van der Waals surface area contributed by atoms with E-state index in [0.717, 1.165) is 70.8 Å². The van der Waals surface area contributed by atoms with E-state index in [4.69, 9.17) is 4.74 Å². The zero-order chi connectivity index (χ0) is 15.2. The molecule has 0 bridgehead atoms. The van der Waals surface area contributed by atoms with Crippen molar-refractivity contribution in [2.45, 2.75) is 31.7 Å². The van der Waals surface area contributed by atoms with Gasteiger partial charge in [0.15, 0.2) is 0 Å². The summed E-state index contributed by atoms with van der Waals surface area (Å²) >= 11 is 2.01. The van der Waals surface area contributed by atoms with Crippen molar-refractivity contribution in [1.29, 1.82) is 0 Å². The topological polar surface area (TPSA) is 32.8 Å². The molecule has 3 aliphatic rings. The molecule has 2 heterocycles. The highest BCUT2D eigenvalue weighted by Crippen LogP contribution is 2.25. The summed E-state index contributed by atoms with van der Waals surface area (Å²) in [5, 5.41) is 0. The van der Waals surface area contributed by atoms with Crippen molar-refractivity contribution < 1.29 is 9.53 Å². The van der Waals surface area contributed by atoms with Crippen LogP contribution in [-0.4, -0.2) is 72.6 Å². The molecule has 0 N–H and O–H groups in total. The van der Waals surface area contributed by atoms with E-state index in [0.29, 0.717) is 11.9 Å². The van der Waals surface area contributed by atoms with Crippen molar-refractivity contribution >= 4 is 17.7 Å². The first-order chi connectivity index (χ1) is 10.8. The molecule has 0 aromatic heterocycles. The molecule has 2 fully saturated rings. The number of morpholine rings is 1. The van der Waals surface area contributed by atoms with E-state index in [-0.39, 0.29) is 5.92 Å². The van der Waals surface area contributed by atoms with Crippen LogP contribution in [0, 0.1) is 5.92 Å².